The van der Waals surface area contributed by atoms with Gasteiger partial charge in [-0.1, -0.05) is 78.9 Å². The Morgan fingerprint density at radius 2 is 1.08 bits per heavy atom. The van der Waals surface area contributed by atoms with Crippen LogP contribution < -0.4 is 0 Å². The van der Waals surface area contributed by atoms with Crippen molar-refractivity contribution in [3.8, 4) is 22.5 Å². The van der Waals surface area contributed by atoms with Crippen molar-refractivity contribution in [3.05, 3.63) is 146 Å². The lowest BCUT2D eigenvalue weighted by molar-refractivity contribution is 1.13. The normalized spacial score (nSPS) is 11.7. The fraction of sp³-hybridized carbons (Fsp3) is 0. The maximum absolute atomic E-state index is 2.39. The van der Waals surface area contributed by atoms with E-state index in [0.717, 1.165) is 0 Å². The lowest BCUT2D eigenvalue weighted by atomic mass is 10.0. The first-order chi connectivity index (χ1) is 18.8. The van der Waals surface area contributed by atoms with E-state index in [-0.39, 0.29) is 0 Å². The molecule has 0 saturated carbocycles. The summed E-state index contributed by atoms with van der Waals surface area (Å²) in [5.41, 5.74) is 8.49. The molecule has 0 amide bonds. The first kappa shape index (κ1) is 21.0. The zero-order chi connectivity index (χ0) is 25.1. The second kappa shape index (κ2) is 8.22. The Morgan fingerprint density at radius 3 is 1.97 bits per heavy atom. The lowest BCUT2D eigenvalue weighted by Crippen LogP contribution is -1.93. The van der Waals surface area contributed by atoms with Gasteiger partial charge in [0.2, 0.25) is 0 Å². The van der Waals surface area contributed by atoms with E-state index in [1.165, 1.54) is 66.0 Å². The van der Waals surface area contributed by atoms with Crippen molar-refractivity contribution >= 4 is 43.5 Å². The van der Waals surface area contributed by atoms with Gasteiger partial charge in [-0.3, -0.25) is 0 Å². The van der Waals surface area contributed by atoms with Gasteiger partial charge in [0.15, 0.2) is 0 Å². The van der Waals surface area contributed by atoms with Crippen molar-refractivity contribution in [2.45, 2.75) is 0 Å². The summed E-state index contributed by atoms with van der Waals surface area (Å²) in [6.07, 6.45) is 2.16. The molecule has 2 heterocycles. The van der Waals surface area contributed by atoms with Gasteiger partial charge in [0, 0.05) is 33.7 Å². The van der Waals surface area contributed by atoms with Crippen LogP contribution in [0.4, 0.5) is 0 Å². The molecule has 6 aromatic carbocycles. The van der Waals surface area contributed by atoms with Crippen LogP contribution in [0.2, 0.25) is 0 Å². The van der Waals surface area contributed by atoms with Crippen LogP contribution in [0.25, 0.3) is 66.0 Å². The van der Waals surface area contributed by atoms with Crippen LogP contribution in [0, 0.1) is 0 Å². The number of para-hydroxylation sites is 2. The average Bonchev–Trinajstić information content (AvgIpc) is 3.56. The van der Waals surface area contributed by atoms with E-state index in [2.05, 4.69) is 155 Å². The monoisotopic (exact) mass is 484 g/mol. The van der Waals surface area contributed by atoms with Crippen molar-refractivity contribution in [3.63, 3.8) is 0 Å². The number of benzene rings is 6. The van der Waals surface area contributed by atoms with Crippen molar-refractivity contribution < 1.29 is 0 Å². The zero-order valence-electron chi connectivity index (χ0n) is 20.8. The summed E-state index contributed by atoms with van der Waals surface area (Å²) >= 11 is 0. The highest BCUT2D eigenvalue weighted by Crippen LogP contribution is 2.36. The van der Waals surface area contributed by atoms with Crippen molar-refractivity contribution in [1.29, 1.82) is 0 Å². The number of fused-ring (bicyclic) bond motifs is 5. The van der Waals surface area contributed by atoms with Gasteiger partial charge in [0.05, 0.1) is 16.6 Å². The second-order valence-corrected chi connectivity index (χ2v) is 9.91. The predicted molar refractivity (Wildman–Crippen MR) is 161 cm³/mol. The fourth-order valence-corrected chi connectivity index (χ4v) is 5.88. The second-order valence-electron chi connectivity index (χ2n) is 9.91. The number of nitrogens with zero attached hydrogens (tertiary/aromatic N) is 2. The Hall–Kier alpha value is -5.08. The molecule has 0 aliphatic carbocycles. The van der Waals surface area contributed by atoms with Gasteiger partial charge < -0.3 is 9.13 Å². The van der Waals surface area contributed by atoms with Crippen LogP contribution in [0.5, 0.6) is 0 Å². The molecule has 0 N–H and O–H groups in total. The zero-order valence-corrected chi connectivity index (χ0v) is 20.8. The fourth-order valence-electron chi connectivity index (χ4n) is 5.88. The summed E-state index contributed by atoms with van der Waals surface area (Å²) in [6.45, 7) is 0. The molecule has 0 radical (unpaired) electrons. The third kappa shape index (κ3) is 3.21. The minimum Gasteiger partial charge on any atom is -0.317 e. The van der Waals surface area contributed by atoms with E-state index < -0.39 is 0 Å². The van der Waals surface area contributed by atoms with E-state index >= 15 is 0 Å². The van der Waals surface area contributed by atoms with Gasteiger partial charge in [0.25, 0.3) is 0 Å². The van der Waals surface area contributed by atoms with Gasteiger partial charge in [-0.2, -0.15) is 0 Å². The van der Waals surface area contributed by atoms with E-state index in [1.54, 1.807) is 0 Å². The molecule has 2 heteroatoms. The Kier molecular flexibility index (Phi) is 4.55. The maximum atomic E-state index is 2.39. The summed E-state index contributed by atoms with van der Waals surface area (Å²) in [5.74, 6) is 0. The molecular weight excluding hydrogens is 460 g/mol. The Labute approximate surface area is 220 Å². The van der Waals surface area contributed by atoms with Crippen molar-refractivity contribution in [2.24, 2.45) is 0 Å². The minimum atomic E-state index is 1.18. The maximum Gasteiger partial charge on any atom is 0.0541 e. The molecule has 8 rings (SSSR count). The third-order valence-corrected chi connectivity index (χ3v) is 7.72. The largest absolute Gasteiger partial charge is 0.317 e. The van der Waals surface area contributed by atoms with E-state index in [1.807, 2.05) is 0 Å². The Morgan fingerprint density at radius 1 is 0.368 bits per heavy atom. The molecule has 0 saturated heterocycles. The first-order valence-corrected chi connectivity index (χ1v) is 13.0. The molecule has 0 atom stereocenters. The van der Waals surface area contributed by atoms with Crippen molar-refractivity contribution in [1.82, 2.24) is 9.13 Å². The van der Waals surface area contributed by atoms with Crippen LogP contribution in [0.15, 0.2) is 146 Å². The van der Waals surface area contributed by atoms with E-state index in [0.29, 0.717) is 0 Å². The molecule has 0 fully saturated rings. The van der Waals surface area contributed by atoms with Gasteiger partial charge in [0.1, 0.15) is 0 Å². The van der Waals surface area contributed by atoms with Crippen LogP contribution >= 0.6 is 0 Å². The van der Waals surface area contributed by atoms with Crippen molar-refractivity contribution in [2.75, 3.05) is 0 Å². The SMILES string of the molecule is c1ccc(-n2ccc3cc(-c4ccc5c(c4)c4ccccc4n5-c4ccc5ccccc5c4)ccc32)cc1. The predicted octanol–water partition coefficient (Wildman–Crippen LogP) is 9.55. The summed E-state index contributed by atoms with van der Waals surface area (Å²) in [5, 5.41) is 6.30. The standard InChI is InChI=1S/C36H24N2/c1-2-10-30(11-3-1)37-21-20-29-22-27(15-18-34(29)37)28-16-19-36-33(24-28)32-12-6-7-13-35(32)38(36)31-17-14-25-8-4-5-9-26(25)23-31/h1-24H. The van der Waals surface area contributed by atoms with Gasteiger partial charge in [-0.05, 0) is 82.6 Å². The molecule has 0 aliphatic heterocycles. The molecular formula is C36H24N2. The number of hydrogen-bond acceptors (Lipinski definition) is 0. The van der Waals surface area contributed by atoms with E-state index in [4.69, 9.17) is 0 Å². The Balaban J connectivity index is 1.29. The topological polar surface area (TPSA) is 9.86 Å². The summed E-state index contributed by atoms with van der Waals surface area (Å²) in [4.78, 5) is 0. The quantitative estimate of drug-likeness (QED) is 0.236. The molecule has 0 aliphatic rings. The minimum absolute atomic E-state index is 1.18. The third-order valence-electron chi connectivity index (χ3n) is 7.72. The summed E-state index contributed by atoms with van der Waals surface area (Å²) in [6, 6.07) is 50.4. The molecule has 0 spiro atoms. The van der Waals surface area contributed by atoms with Crippen LogP contribution in [-0.2, 0) is 0 Å². The molecule has 0 bridgehead atoms. The van der Waals surface area contributed by atoms with Crippen LogP contribution in [0.3, 0.4) is 0 Å². The highest BCUT2D eigenvalue weighted by Gasteiger charge is 2.14. The first-order valence-electron chi connectivity index (χ1n) is 13.0. The van der Waals surface area contributed by atoms with E-state index in [9.17, 15) is 0 Å². The molecule has 0 unspecified atom stereocenters. The smallest absolute Gasteiger partial charge is 0.0541 e. The molecule has 178 valence electrons. The highest BCUT2D eigenvalue weighted by atomic mass is 15.0. The van der Waals surface area contributed by atoms with Gasteiger partial charge in [-0.15, -0.1) is 0 Å². The van der Waals surface area contributed by atoms with Gasteiger partial charge >= 0.3 is 0 Å². The van der Waals surface area contributed by atoms with Gasteiger partial charge in [-0.25, -0.2) is 0 Å². The summed E-state index contributed by atoms with van der Waals surface area (Å²) < 4.78 is 4.64. The molecule has 38 heavy (non-hydrogen) atoms. The number of hydrogen-bond donors (Lipinski definition) is 0. The summed E-state index contributed by atoms with van der Waals surface area (Å²) in [7, 11) is 0. The Bertz CT molecular complexity index is 2130. The van der Waals surface area contributed by atoms with Crippen LogP contribution in [-0.4, -0.2) is 9.13 Å². The highest BCUT2D eigenvalue weighted by molar-refractivity contribution is 6.10. The molecule has 2 nitrogen and oxygen atoms in total. The average molecular weight is 485 g/mol. The van der Waals surface area contributed by atoms with Crippen LogP contribution in [0.1, 0.15) is 0 Å². The molecule has 2 aromatic heterocycles. The lowest BCUT2D eigenvalue weighted by Gasteiger charge is -2.10. The molecule has 8 aromatic rings. The number of aromatic nitrogens is 2. The number of rotatable bonds is 3.